The number of hydrogen-bond donors (Lipinski definition) is 0. The van der Waals surface area contributed by atoms with Crippen LogP contribution in [0.25, 0.3) is 0 Å². The summed E-state index contributed by atoms with van der Waals surface area (Å²) in [6.45, 7) is 17.9. The van der Waals surface area contributed by atoms with E-state index in [2.05, 4.69) is 41.5 Å². The van der Waals surface area contributed by atoms with E-state index in [0.29, 0.717) is 39.6 Å². The first-order valence-electron chi connectivity index (χ1n) is 28.0. The first-order valence-corrected chi connectivity index (χ1v) is 33.1. The molecule has 64 heavy (non-hydrogen) atoms. The van der Waals surface area contributed by atoms with Gasteiger partial charge in [0, 0.05) is 24.3 Å². The molecule has 0 aliphatic rings. The Morgan fingerprint density at radius 1 is 0.234 bits per heavy atom. The Kier molecular flexibility index (Phi) is 54.5. The lowest BCUT2D eigenvalue weighted by molar-refractivity contribution is -0.382. The first-order chi connectivity index (χ1) is 31.6. The lowest BCUT2D eigenvalue weighted by Crippen LogP contribution is -2.41. The molecule has 6 nitrogen and oxygen atoms in total. The molecule has 0 amide bonds. The Morgan fingerprint density at radius 3 is 0.594 bits per heavy atom. The molecule has 0 atom stereocenters. The highest BCUT2D eigenvalue weighted by Gasteiger charge is 2.35. The minimum atomic E-state index is -0.949. The van der Waals surface area contributed by atoms with Crippen molar-refractivity contribution in [1.82, 2.24) is 0 Å². The average Bonchev–Trinajstić information content (AvgIpc) is 3.30. The zero-order chi connectivity index (χ0) is 46.6. The molecule has 0 aromatic rings. The zero-order valence-electron chi connectivity index (χ0n) is 43.6. The van der Waals surface area contributed by atoms with Crippen molar-refractivity contribution in [3.8, 4) is 0 Å². The summed E-state index contributed by atoms with van der Waals surface area (Å²) in [4.78, 5) is 0. The smallest absolute Gasteiger partial charge is 0.283 e. The van der Waals surface area contributed by atoms with Gasteiger partial charge in [-0.1, -0.05) is 256 Å². The second-order valence-electron chi connectivity index (χ2n) is 18.3. The largest absolute Gasteiger partial charge is 0.327 e. The third kappa shape index (κ3) is 44.4. The SMILES string of the molecule is CCCCCCCCOC(CCSSSSCCC(OCCCCCCCC)(OCCCCCCCC)OCCCCCCCC)(OCCCCCCCC)OCCCCCCCC. The van der Waals surface area contributed by atoms with E-state index in [0.717, 1.165) is 62.9 Å². The molecule has 0 aromatic heterocycles. The van der Waals surface area contributed by atoms with Crippen LogP contribution in [0.1, 0.15) is 286 Å². The van der Waals surface area contributed by atoms with Crippen LogP contribution in [0.5, 0.6) is 0 Å². The van der Waals surface area contributed by atoms with Gasteiger partial charge in [-0.05, 0) is 58.2 Å². The van der Waals surface area contributed by atoms with Crippen LogP contribution in [-0.4, -0.2) is 63.1 Å². The van der Waals surface area contributed by atoms with Crippen LogP contribution >= 0.6 is 41.2 Å². The molecule has 0 aromatic carbocycles. The molecule has 386 valence electrons. The van der Waals surface area contributed by atoms with Gasteiger partial charge in [0.2, 0.25) is 0 Å². The van der Waals surface area contributed by atoms with Crippen LogP contribution in [0, 0.1) is 0 Å². The number of rotatable bonds is 57. The molecule has 0 saturated carbocycles. The van der Waals surface area contributed by atoms with Gasteiger partial charge in [-0.3, -0.25) is 0 Å². The number of unbranched alkanes of at least 4 members (excludes halogenated alkanes) is 30. The van der Waals surface area contributed by atoms with E-state index >= 15 is 0 Å². The van der Waals surface area contributed by atoms with Gasteiger partial charge in [0.1, 0.15) is 0 Å². The fraction of sp³-hybridized carbons (Fsp3) is 1.00. The molecule has 0 unspecified atom stereocenters. The van der Waals surface area contributed by atoms with Crippen molar-refractivity contribution in [2.24, 2.45) is 0 Å². The van der Waals surface area contributed by atoms with Gasteiger partial charge in [0.15, 0.2) is 0 Å². The molecule has 0 fully saturated rings. The molecule has 0 spiro atoms. The Balaban J connectivity index is 5.50. The van der Waals surface area contributed by atoms with Crippen molar-refractivity contribution >= 4 is 41.2 Å². The van der Waals surface area contributed by atoms with E-state index < -0.39 is 11.9 Å². The summed E-state index contributed by atoms with van der Waals surface area (Å²) in [6, 6.07) is 0. The molecule has 0 bridgehead atoms. The van der Waals surface area contributed by atoms with Gasteiger partial charge in [-0.15, -0.1) is 0 Å². The van der Waals surface area contributed by atoms with Crippen molar-refractivity contribution in [3.63, 3.8) is 0 Å². The van der Waals surface area contributed by atoms with Gasteiger partial charge < -0.3 is 28.4 Å². The van der Waals surface area contributed by atoms with Crippen LogP contribution in [0.4, 0.5) is 0 Å². The van der Waals surface area contributed by atoms with Crippen LogP contribution in [0.3, 0.4) is 0 Å². The van der Waals surface area contributed by atoms with E-state index in [4.69, 9.17) is 28.4 Å². The number of hydrogen-bond acceptors (Lipinski definition) is 10. The van der Waals surface area contributed by atoms with Gasteiger partial charge in [-0.25, -0.2) is 0 Å². The fourth-order valence-corrected chi connectivity index (χ4v) is 13.9. The molecule has 0 rings (SSSR count). The van der Waals surface area contributed by atoms with E-state index in [1.165, 1.54) is 193 Å². The van der Waals surface area contributed by atoms with Crippen molar-refractivity contribution in [1.29, 1.82) is 0 Å². The highest BCUT2D eigenvalue weighted by atomic mass is 33.7. The fourth-order valence-electron chi connectivity index (χ4n) is 7.78. The van der Waals surface area contributed by atoms with Crippen LogP contribution in [0.2, 0.25) is 0 Å². The lowest BCUT2D eigenvalue weighted by atomic mass is 10.1. The highest BCUT2D eigenvalue weighted by Crippen LogP contribution is 2.45. The standard InChI is InChI=1S/C54H110O6S4/c1-7-13-19-25-31-37-45-55-53(56-46-38-32-26-20-14-8-2,57-47-39-33-27-21-15-9-3)43-51-61-63-64-62-52-44-54(58-48-40-34-28-22-16-10-4,59-49-41-35-29-23-17-11-5)60-50-42-36-30-24-18-12-6/h7-52H2,1-6H3. The Hall–Kier alpha value is 1.16. The maximum Gasteiger partial charge on any atom is 0.283 e. The van der Waals surface area contributed by atoms with Crippen molar-refractivity contribution in [2.45, 2.75) is 297 Å². The Morgan fingerprint density at radius 2 is 0.406 bits per heavy atom. The van der Waals surface area contributed by atoms with Crippen molar-refractivity contribution in [2.75, 3.05) is 51.1 Å². The third-order valence-corrected chi connectivity index (χ3v) is 18.5. The van der Waals surface area contributed by atoms with E-state index in [1.807, 2.05) is 41.2 Å². The first kappa shape index (κ1) is 65.2. The topological polar surface area (TPSA) is 55.4 Å². The summed E-state index contributed by atoms with van der Waals surface area (Å²) in [5.74, 6) is -0.0734. The average molecular weight is 984 g/mol. The minimum Gasteiger partial charge on any atom is -0.327 e. The zero-order valence-corrected chi connectivity index (χ0v) is 46.9. The second kappa shape index (κ2) is 53.5. The van der Waals surface area contributed by atoms with E-state index in [1.54, 1.807) is 0 Å². The summed E-state index contributed by atoms with van der Waals surface area (Å²) in [5.41, 5.74) is 0. The molecule has 10 heteroatoms. The second-order valence-corrected chi connectivity index (χ2v) is 24.6. The highest BCUT2D eigenvalue weighted by molar-refractivity contribution is 9.26. The molecule has 0 heterocycles. The summed E-state index contributed by atoms with van der Waals surface area (Å²) >= 11 is 0. The third-order valence-electron chi connectivity index (χ3n) is 12.0. The van der Waals surface area contributed by atoms with Crippen LogP contribution in [0.15, 0.2) is 0 Å². The summed E-state index contributed by atoms with van der Waals surface area (Å²) in [5, 5.41) is 0. The van der Waals surface area contributed by atoms with E-state index in [9.17, 15) is 0 Å². The molecular weight excluding hydrogens is 873 g/mol. The van der Waals surface area contributed by atoms with Crippen molar-refractivity contribution in [3.05, 3.63) is 0 Å². The Labute approximate surface area is 415 Å². The van der Waals surface area contributed by atoms with Gasteiger partial charge in [0.25, 0.3) is 11.9 Å². The minimum absolute atomic E-state index is 0.700. The van der Waals surface area contributed by atoms with Gasteiger partial charge >= 0.3 is 0 Å². The molecule has 0 radical (unpaired) electrons. The van der Waals surface area contributed by atoms with E-state index in [-0.39, 0.29) is 0 Å². The summed E-state index contributed by atoms with van der Waals surface area (Å²) < 4.78 is 40.1. The lowest BCUT2D eigenvalue weighted by Gasteiger charge is -2.34. The van der Waals surface area contributed by atoms with Crippen molar-refractivity contribution < 1.29 is 28.4 Å². The quantitative estimate of drug-likeness (QED) is 0.0335. The summed E-state index contributed by atoms with van der Waals surface area (Å²) in [6.07, 6.45) is 46.4. The van der Waals surface area contributed by atoms with Gasteiger partial charge in [-0.2, -0.15) is 0 Å². The normalized spacial score (nSPS) is 12.3. The molecule has 0 N–H and O–H groups in total. The number of ether oxygens (including phenoxy) is 6. The molecule has 0 aliphatic carbocycles. The predicted octanol–water partition coefficient (Wildman–Crippen LogP) is 20.0. The van der Waals surface area contributed by atoms with Gasteiger partial charge in [0.05, 0.1) is 39.6 Å². The Bertz CT molecular complexity index is 715. The summed E-state index contributed by atoms with van der Waals surface area (Å²) in [7, 11) is 7.52. The maximum absolute atomic E-state index is 6.68. The molecular formula is C54H110O6S4. The van der Waals surface area contributed by atoms with Crippen LogP contribution < -0.4 is 0 Å². The maximum atomic E-state index is 6.68. The van der Waals surface area contributed by atoms with Crippen LogP contribution in [-0.2, 0) is 28.4 Å². The predicted molar refractivity (Wildman–Crippen MR) is 291 cm³/mol. The monoisotopic (exact) mass is 983 g/mol. The molecule has 0 saturated heterocycles. The molecule has 0 aliphatic heterocycles.